The Morgan fingerprint density at radius 3 is 3.00 bits per heavy atom. The number of carbonyl (C=O) groups excluding carboxylic acids is 1. The van der Waals surface area contributed by atoms with Crippen molar-refractivity contribution in [3.63, 3.8) is 0 Å². The van der Waals surface area contributed by atoms with Gasteiger partial charge in [-0.2, -0.15) is 0 Å². The molecule has 0 fully saturated rings. The number of thiazole rings is 1. The summed E-state index contributed by atoms with van der Waals surface area (Å²) in [4.78, 5) is 19.7. The first-order chi connectivity index (χ1) is 8.27. The molecule has 0 aliphatic rings. The minimum Gasteiger partial charge on any atom is -0.507 e. The summed E-state index contributed by atoms with van der Waals surface area (Å²) in [7, 11) is 0. The van der Waals surface area contributed by atoms with Crippen molar-refractivity contribution in [2.45, 2.75) is 0 Å². The molecule has 0 amide bonds. The normalized spacial score (nSPS) is 10.8. The van der Waals surface area contributed by atoms with E-state index in [0.29, 0.717) is 5.56 Å². The summed E-state index contributed by atoms with van der Waals surface area (Å²) in [5.74, 6) is -0.224. The third kappa shape index (κ3) is 2.98. The maximum absolute atomic E-state index is 11.7. The van der Waals surface area contributed by atoms with Crippen LogP contribution in [0.15, 0.2) is 40.8 Å². The summed E-state index contributed by atoms with van der Waals surface area (Å²) in [6.45, 7) is 0.0111. The molecule has 1 aromatic heterocycles. The van der Waals surface area contributed by atoms with Gasteiger partial charge in [0.15, 0.2) is 5.78 Å². The second-order valence-electron chi connectivity index (χ2n) is 3.28. The Morgan fingerprint density at radius 1 is 1.47 bits per heavy atom. The summed E-state index contributed by atoms with van der Waals surface area (Å²) in [6, 6.07) is 6.44. The number of benzene rings is 1. The Bertz CT molecular complexity index is 535. The molecule has 0 saturated heterocycles. The van der Waals surface area contributed by atoms with E-state index in [-0.39, 0.29) is 18.1 Å². The zero-order valence-corrected chi connectivity index (χ0v) is 9.72. The van der Waals surface area contributed by atoms with Crippen LogP contribution in [0.2, 0.25) is 0 Å². The van der Waals surface area contributed by atoms with Crippen molar-refractivity contribution in [1.82, 2.24) is 4.98 Å². The number of aliphatic imine (C=N–C) groups is 1. The van der Waals surface area contributed by atoms with Crippen LogP contribution < -0.4 is 0 Å². The Hall–Kier alpha value is -2.01. The molecule has 0 spiro atoms. The molecule has 0 unspecified atom stereocenters. The van der Waals surface area contributed by atoms with Crippen LogP contribution >= 0.6 is 11.3 Å². The topological polar surface area (TPSA) is 62.5 Å². The third-order valence-corrected chi connectivity index (χ3v) is 2.80. The highest BCUT2D eigenvalue weighted by Crippen LogP contribution is 2.16. The van der Waals surface area contributed by atoms with E-state index in [9.17, 15) is 9.90 Å². The number of phenols is 1. The fourth-order valence-corrected chi connectivity index (χ4v) is 1.82. The second kappa shape index (κ2) is 5.36. The number of phenolic OH excluding ortho intramolecular Hbond substituents is 1. The summed E-state index contributed by atoms with van der Waals surface area (Å²) in [5.41, 5.74) is 0.295. The molecule has 17 heavy (non-hydrogen) atoms. The van der Waals surface area contributed by atoms with Crippen LogP contribution in [-0.2, 0) is 0 Å². The fourth-order valence-electron chi connectivity index (χ4n) is 1.30. The lowest BCUT2D eigenvalue weighted by Crippen LogP contribution is -2.03. The molecule has 86 valence electrons. The maximum atomic E-state index is 11.7. The van der Waals surface area contributed by atoms with Crippen molar-refractivity contribution in [3.8, 4) is 5.75 Å². The van der Waals surface area contributed by atoms with E-state index in [2.05, 4.69) is 9.98 Å². The van der Waals surface area contributed by atoms with Gasteiger partial charge in [0.05, 0.1) is 11.8 Å². The van der Waals surface area contributed by atoms with E-state index in [1.54, 1.807) is 30.6 Å². The monoisotopic (exact) mass is 246 g/mol. The van der Waals surface area contributed by atoms with Crippen molar-refractivity contribution in [3.05, 3.63) is 46.4 Å². The van der Waals surface area contributed by atoms with Gasteiger partial charge in [0, 0.05) is 11.6 Å². The van der Waals surface area contributed by atoms with E-state index >= 15 is 0 Å². The summed E-state index contributed by atoms with van der Waals surface area (Å²) >= 11 is 1.45. The minimum atomic E-state index is -0.212. The van der Waals surface area contributed by atoms with Crippen molar-refractivity contribution in [2.24, 2.45) is 4.99 Å². The number of hydrogen-bond donors (Lipinski definition) is 1. The molecule has 2 rings (SSSR count). The number of para-hydroxylation sites is 1. The average Bonchev–Trinajstić information content (AvgIpc) is 2.82. The quantitative estimate of drug-likeness (QED) is 0.664. The second-order valence-corrected chi connectivity index (χ2v) is 4.21. The van der Waals surface area contributed by atoms with Gasteiger partial charge in [-0.15, -0.1) is 11.3 Å². The molecule has 0 aliphatic heterocycles. The van der Waals surface area contributed by atoms with Gasteiger partial charge in [-0.05, 0) is 12.1 Å². The zero-order chi connectivity index (χ0) is 12.1. The number of aromatic nitrogens is 1. The van der Waals surface area contributed by atoms with E-state index in [0.717, 1.165) is 5.01 Å². The molecule has 2 aromatic rings. The molecule has 0 radical (unpaired) electrons. The average molecular weight is 246 g/mol. The van der Waals surface area contributed by atoms with Gasteiger partial charge in [0.2, 0.25) is 0 Å². The maximum Gasteiger partial charge on any atom is 0.187 e. The van der Waals surface area contributed by atoms with Gasteiger partial charge < -0.3 is 5.11 Å². The highest BCUT2D eigenvalue weighted by atomic mass is 32.1. The number of ketones is 1. The van der Waals surface area contributed by atoms with Gasteiger partial charge in [-0.25, -0.2) is 4.98 Å². The number of aromatic hydroxyl groups is 1. The molecule has 5 heteroatoms. The molecule has 4 nitrogen and oxygen atoms in total. The van der Waals surface area contributed by atoms with Crippen LogP contribution in [0.25, 0.3) is 0 Å². The van der Waals surface area contributed by atoms with Crippen LogP contribution in [-0.4, -0.2) is 28.6 Å². The fraction of sp³-hybridized carbons (Fsp3) is 0.0833. The zero-order valence-electron chi connectivity index (χ0n) is 8.91. The lowest BCUT2D eigenvalue weighted by molar-refractivity contribution is 0.0999. The van der Waals surface area contributed by atoms with E-state index in [4.69, 9.17) is 0 Å². The van der Waals surface area contributed by atoms with Crippen molar-refractivity contribution in [1.29, 1.82) is 0 Å². The molecule has 1 aromatic carbocycles. The van der Waals surface area contributed by atoms with E-state index in [1.807, 2.05) is 5.38 Å². The van der Waals surface area contributed by atoms with Gasteiger partial charge in [-0.3, -0.25) is 9.79 Å². The first-order valence-electron chi connectivity index (χ1n) is 4.98. The highest BCUT2D eigenvalue weighted by Gasteiger charge is 2.08. The van der Waals surface area contributed by atoms with Crippen LogP contribution in [0.3, 0.4) is 0 Å². The number of nitrogens with zero attached hydrogens (tertiary/aromatic N) is 2. The van der Waals surface area contributed by atoms with Crippen LogP contribution in [0.4, 0.5) is 0 Å². The third-order valence-electron chi connectivity index (χ3n) is 2.09. The number of carbonyl (C=O) groups is 1. The van der Waals surface area contributed by atoms with Crippen molar-refractivity contribution >= 4 is 23.3 Å². The molecule has 1 N–H and O–H groups in total. The van der Waals surface area contributed by atoms with Gasteiger partial charge in [0.25, 0.3) is 0 Å². The Morgan fingerprint density at radius 2 is 2.29 bits per heavy atom. The number of hydrogen-bond acceptors (Lipinski definition) is 5. The molecule has 0 saturated carbocycles. The number of Topliss-reactive ketones (excluding diaryl/α,β-unsaturated/α-hetero) is 1. The lowest BCUT2D eigenvalue weighted by atomic mass is 10.1. The van der Waals surface area contributed by atoms with Crippen LogP contribution in [0, 0.1) is 0 Å². The molecule has 0 atom stereocenters. The Balaban J connectivity index is 2.01. The van der Waals surface area contributed by atoms with Gasteiger partial charge in [-0.1, -0.05) is 12.1 Å². The molecular weight excluding hydrogens is 236 g/mol. The molecular formula is C12H10N2O2S. The van der Waals surface area contributed by atoms with Crippen LogP contribution in [0.1, 0.15) is 15.4 Å². The predicted octanol–water partition coefficient (Wildman–Crippen LogP) is 2.15. The molecule has 0 aliphatic carbocycles. The molecule has 1 heterocycles. The van der Waals surface area contributed by atoms with Crippen molar-refractivity contribution in [2.75, 3.05) is 6.54 Å². The van der Waals surface area contributed by atoms with E-state index < -0.39 is 0 Å². The largest absolute Gasteiger partial charge is 0.507 e. The Labute approximate surface area is 102 Å². The summed E-state index contributed by atoms with van der Waals surface area (Å²) in [5, 5.41) is 12.1. The first kappa shape index (κ1) is 11.5. The lowest BCUT2D eigenvalue weighted by Gasteiger charge is -1.99. The van der Waals surface area contributed by atoms with Gasteiger partial charge >= 0.3 is 0 Å². The first-order valence-corrected chi connectivity index (χ1v) is 5.86. The standard InChI is InChI=1S/C12H10N2O2S/c15-10-4-2-1-3-9(10)11(16)7-13-8-12-14-5-6-17-12/h1-6,8,15H,7H2. The van der Waals surface area contributed by atoms with Crippen molar-refractivity contribution < 1.29 is 9.90 Å². The summed E-state index contributed by atoms with van der Waals surface area (Å²) < 4.78 is 0. The Kier molecular flexibility index (Phi) is 3.62. The van der Waals surface area contributed by atoms with Gasteiger partial charge in [0.1, 0.15) is 17.3 Å². The molecule has 0 bridgehead atoms. The smallest absolute Gasteiger partial charge is 0.187 e. The number of rotatable bonds is 4. The minimum absolute atomic E-state index is 0.0111. The summed E-state index contributed by atoms with van der Waals surface area (Å²) in [6.07, 6.45) is 3.24. The van der Waals surface area contributed by atoms with Crippen LogP contribution in [0.5, 0.6) is 5.75 Å². The predicted molar refractivity (Wildman–Crippen MR) is 67.0 cm³/mol. The highest BCUT2D eigenvalue weighted by molar-refractivity contribution is 7.11. The SMILES string of the molecule is O=C(CN=Cc1nccs1)c1ccccc1O. The van der Waals surface area contributed by atoms with E-state index in [1.165, 1.54) is 17.4 Å².